The molecule has 0 N–H and O–H groups in total. The smallest absolute Gasteiger partial charge is 0.339 e. The maximum absolute atomic E-state index is 12.5. The third-order valence-electron chi connectivity index (χ3n) is 14.5. The van der Waals surface area contributed by atoms with Gasteiger partial charge < -0.3 is 28.4 Å². The van der Waals surface area contributed by atoms with E-state index in [0.29, 0.717) is 57.0 Å². The molecule has 480 valence electrons. The Hall–Kier alpha value is -5.52. The first-order valence-electron chi connectivity index (χ1n) is 33.6. The zero-order valence-electron chi connectivity index (χ0n) is 54.3. The largest absolute Gasteiger partial charge is 0.466 e. The maximum Gasteiger partial charge on any atom is 0.339 e. The van der Waals surface area contributed by atoms with Crippen molar-refractivity contribution >= 4 is 35.8 Å². The first kappa shape index (κ1) is 77.5. The highest BCUT2D eigenvalue weighted by Crippen LogP contribution is 2.18. The van der Waals surface area contributed by atoms with Crippen molar-refractivity contribution in [1.29, 1.82) is 0 Å². The molecular formula is C73H116O12. The summed E-state index contributed by atoms with van der Waals surface area (Å²) in [4.78, 5) is 72.7. The minimum atomic E-state index is -0.531. The number of hydrogen-bond donors (Lipinski definition) is 0. The molecule has 3 aromatic rings. The van der Waals surface area contributed by atoms with Gasteiger partial charge in [0.2, 0.25) is 0 Å². The first-order chi connectivity index (χ1) is 41.3. The lowest BCUT2D eigenvalue weighted by molar-refractivity contribution is -0.144. The summed E-state index contributed by atoms with van der Waals surface area (Å²) in [7, 11) is 0. The summed E-state index contributed by atoms with van der Waals surface area (Å²) in [5.41, 5.74) is 1.95. The van der Waals surface area contributed by atoms with Crippen LogP contribution >= 0.6 is 0 Å². The molecule has 0 aliphatic heterocycles. The Bertz CT molecular complexity index is 2100. The van der Waals surface area contributed by atoms with E-state index in [1.807, 2.05) is 37.3 Å². The van der Waals surface area contributed by atoms with Gasteiger partial charge in [0.1, 0.15) is 6.61 Å². The molecule has 0 aromatic heterocycles. The molecule has 12 heteroatoms. The fraction of sp³-hybridized carbons (Fsp3) is 0.671. The molecule has 0 unspecified atom stereocenters. The molecule has 0 saturated carbocycles. The van der Waals surface area contributed by atoms with Gasteiger partial charge in [-0.3, -0.25) is 9.59 Å². The van der Waals surface area contributed by atoms with Gasteiger partial charge in [-0.15, -0.1) is 0 Å². The maximum atomic E-state index is 12.5. The molecule has 0 bridgehead atoms. The average molecular weight is 1190 g/mol. The highest BCUT2D eigenvalue weighted by atomic mass is 16.6. The summed E-state index contributed by atoms with van der Waals surface area (Å²) in [6.45, 7) is 17.9. The van der Waals surface area contributed by atoms with Gasteiger partial charge in [-0.25, -0.2) is 19.2 Å². The van der Waals surface area contributed by atoms with Crippen LogP contribution in [0.25, 0.3) is 0 Å². The minimum Gasteiger partial charge on any atom is -0.466 e. The molecule has 3 rings (SSSR count). The van der Waals surface area contributed by atoms with E-state index in [2.05, 4.69) is 41.5 Å². The van der Waals surface area contributed by atoms with Gasteiger partial charge in [-0.05, 0) is 86.6 Å². The SMILES string of the molecule is CC(C)CCCCCOC(=O)CCCCCCCCC(=O)OCCCCCC(C)C.CCCCCCCCCCCOC(=O)c1ccccc1C(=O)OCCCCCCCCC.CCCCOC(=O)c1ccccc1C(=O)OCc1ccccc1. The number of unbranched alkanes of at least 4 members (excludes halogenated alkanes) is 24. The predicted molar refractivity (Wildman–Crippen MR) is 345 cm³/mol. The van der Waals surface area contributed by atoms with Crippen molar-refractivity contribution in [2.45, 2.75) is 273 Å². The first-order valence-corrected chi connectivity index (χ1v) is 33.6. The van der Waals surface area contributed by atoms with Gasteiger partial charge in [0, 0.05) is 12.8 Å². The summed E-state index contributed by atoms with van der Waals surface area (Å²) in [5, 5.41) is 0. The monoisotopic (exact) mass is 1180 g/mol. The van der Waals surface area contributed by atoms with Gasteiger partial charge in [0.25, 0.3) is 0 Å². The van der Waals surface area contributed by atoms with Gasteiger partial charge >= 0.3 is 35.8 Å². The van der Waals surface area contributed by atoms with Crippen molar-refractivity contribution in [3.05, 3.63) is 107 Å². The Labute approximate surface area is 515 Å². The molecule has 0 radical (unpaired) electrons. The number of esters is 6. The van der Waals surface area contributed by atoms with Crippen LogP contribution in [-0.4, -0.2) is 68.9 Å². The molecule has 0 amide bonds. The highest BCUT2D eigenvalue weighted by Gasteiger charge is 2.20. The molecule has 0 saturated heterocycles. The summed E-state index contributed by atoms with van der Waals surface area (Å²) in [6.07, 6.45) is 37.4. The zero-order valence-corrected chi connectivity index (χ0v) is 54.3. The molecule has 12 nitrogen and oxygen atoms in total. The molecule has 3 aromatic carbocycles. The Balaban J connectivity index is 0.000000645. The second-order valence-corrected chi connectivity index (χ2v) is 23.4. The van der Waals surface area contributed by atoms with Crippen LogP contribution < -0.4 is 0 Å². The Morgan fingerprint density at radius 2 is 0.565 bits per heavy atom. The number of hydrogen-bond acceptors (Lipinski definition) is 12. The predicted octanol–water partition coefficient (Wildman–Crippen LogP) is 19.9. The quantitative estimate of drug-likeness (QED) is 0.0300. The van der Waals surface area contributed by atoms with Gasteiger partial charge in [-0.2, -0.15) is 0 Å². The summed E-state index contributed by atoms with van der Waals surface area (Å²) < 4.78 is 31.9. The molecule has 0 spiro atoms. The molecule has 0 heterocycles. The highest BCUT2D eigenvalue weighted by molar-refractivity contribution is 6.03. The zero-order chi connectivity index (χ0) is 62.2. The van der Waals surface area contributed by atoms with Crippen LogP contribution in [0, 0.1) is 11.8 Å². The lowest BCUT2D eigenvalue weighted by Crippen LogP contribution is -2.15. The summed E-state index contributed by atoms with van der Waals surface area (Å²) in [6, 6.07) is 22.7. The molecule has 0 aliphatic rings. The second-order valence-electron chi connectivity index (χ2n) is 23.4. The van der Waals surface area contributed by atoms with E-state index in [1.165, 1.54) is 103 Å². The number of carbonyl (C=O) groups is 6. The normalized spacial score (nSPS) is 10.8. The minimum absolute atomic E-state index is 0.0502. The summed E-state index contributed by atoms with van der Waals surface area (Å²) >= 11 is 0. The van der Waals surface area contributed by atoms with Crippen molar-refractivity contribution < 1.29 is 57.2 Å². The molecule has 0 aliphatic carbocycles. The van der Waals surface area contributed by atoms with Crippen molar-refractivity contribution in [1.82, 2.24) is 0 Å². The van der Waals surface area contributed by atoms with Crippen LogP contribution in [0.4, 0.5) is 0 Å². The topological polar surface area (TPSA) is 158 Å². The Morgan fingerprint density at radius 3 is 0.906 bits per heavy atom. The van der Waals surface area contributed by atoms with Gasteiger partial charge in [0.15, 0.2) is 0 Å². The third-order valence-corrected chi connectivity index (χ3v) is 14.5. The molecule has 0 atom stereocenters. The fourth-order valence-corrected chi connectivity index (χ4v) is 9.25. The third kappa shape index (κ3) is 44.6. The number of benzene rings is 3. The van der Waals surface area contributed by atoms with Gasteiger partial charge in [-0.1, -0.05) is 264 Å². The van der Waals surface area contributed by atoms with E-state index < -0.39 is 23.9 Å². The fourth-order valence-electron chi connectivity index (χ4n) is 9.25. The van der Waals surface area contributed by atoms with E-state index >= 15 is 0 Å². The van der Waals surface area contributed by atoms with Crippen molar-refractivity contribution in [2.24, 2.45) is 11.8 Å². The summed E-state index contributed by atoms with van der Waals surface area (Å²) in [5.74, 6) is -0.481. The lowest BCUT2D eigenvalue weighted by atomic mass is 10.1. The average Bonchev–Trinajstić information content (AvgIpc) is 3.59. The van der Waals surface area contributed by atoms with E-state index in [0.717, 1.165) is 120 Å². The van der Waals surface area contributed by atoms with Crippen molar-refractivity contribution in [3.8, 4) is 0 Å². The second kappa shape index (κ2) is 55.1. The van der Waals surface area contributed by atoms with Crippen LogP contribution in [0.5, 0.6) is 0 Å². The van der Waals surface area contributed by atoms with Crippen LogP contribution in [0.1, 0.15) is 314 Å². The van der Waals surface area contributed by atoms with Crippen LogP contribution in [0.15, 0.2) is 78.9 Å². The Kier molecular flexibility index (Phi) is 50.2. The van der Waals surface area contributed by atoms with Crippen molar-refractivity contribution in [3.63, 3.8) is 0 Å². The lowest BCUT2D eigenvalue weighted by Gasteiger charge is -2.10. The van der Waals surface area contributed by atoms with Crippen LogP contribution in [-0.2, 0) is 44.6 Å². The number of rotatable bonds is 48. The van der Waals surface area contributed by atoms with Crippen LogP contribution in [0.2, 0.25) is 0 Å². The van der Waals surface area contributed by atoms with E-state index in [1.54, 1.807) is 48.5 Å². The number of carbonyl (C=O) groups excluding carboxylic acids is 6. The van der Waals surface area contributed by atoms with Gasteiger partial charge in [0.05, 0.1) is 55.3 Å². The molecule has 85 heavy (non-hydrogen) atoms. The van der Waals surface area contributed by atoms with E-state index in [9.17, 15) is 28.8 Å². The van der Waals surface area contributed by atoms with Crippen LogP contribution in [0.3, 0.4) is 0 Å². The molecular weight excluding hydrogens is 1070 g/mol. The Morgan fingerprint density at radius 1 is 0.294 bits per heavy atom. The standard InChI is InChI=1S/C28H46O4.C26H50O4.C19H20O4/c1-3-5-7-9-11-12-14-16-20-24-32-28(30)26-22-18-17-21-25(26)27(29)31-23-19-15-13-10-8-6-4-2;1-23(2)17-11-9-15-21-29-25(27)19-13-7-5-6-8-14-20-26(28)30-22-16-10-12-18-24(3)4;1-2-3-13-22-18(20)16-11-7-8-12-17(16)19(21)23-14-15-9-5-4-6-10-15/h17-18,21-22H,3-16,19-20,23-24H2,1-2H3;23-24H,5-22H2,1-4H3;4-12H,2-3,13-14H2,1H3. The van der Waals surface area contributed by atoms with E-state index in [-0.39, 0.29) is 29.7 Å². The van der Waals surface area contributed by atoms with Crippen molar-refractivity contribution in [2.75, 3.05) is 33.0 Å². The van der Waals surface area contributed by atoms with E-state index in [4.69, 9.17) is 28.4 Å². The molecule has 0 fully saturated rings. The number of ether oxygens (including phenoxy) is 6.